The molecule has 2 aromatic carbocycles. The molecule has 1 fully saturated rings. The van der Waals surface area contributed by atoms with Gasteiger partial charge in [0.05, 0.1) is 19.3 Å². The van der Waals surface area contributed by atoms with E-state index in [1.165, 1.54) is 10.5 Å². The lowest BCUT2D eigenvalue weighted by Gasteiger charge is -2.24. The van der Waals surface area contributed by atoms with Gasteiger partial charge in [0.1, 0.15) is 25.0 Å². The molecular weight excluding hydrogens is 380 g/mol. The molecule has 0 bridgehead atoms. The Balaban J connectivity index is 1.45. The Labute approximate surface area is 169 Å². The van der Waals surface area contributed by atoms with Gasteiger partial charge in [-0.15, -0.1) is 0 Å². The molecule has 2 heterocycles. The van der Waals surface area contributed by atoms with Crippen LogP contribution in [-0.2, 0) is 4.79 Å². The molecule has 4 rings (SSSR count). The fourth-order valence-electron chi connectivity index (χ4n) is 3.98. The summed E-state index contributed by atoms with van der Waals surface area (Å²) in [5.74, 6) is 2.13. The van der Waals surface area contributed by atoms with Crippen LogP contribution in [0, 0.1) is 0 Å². The number of benzene rings is 2. The Kier molecular flexibility index (Phi) is 5.59. The van der Waals surface area contributed by atoms with Crippen LogP contribution in [0.4, 0.5) is 5.69 Å². The smallest absolute Gasteiger partial charge is 0.279 e. The standard InChI is InChI=1S/C21H23ClN2O4/c1-26-18-7-5-15(22)12-16(18)23-21(25)13-24-8-2-3-17(24)14-4-6-19-20(11-14)28-10-9-27-19/h4-7,11-12,17H,2-3,8-10,13H2,1H3,(H,23,25)/p+1/t17-/m0/s1. The van der Waals surface area contributed by atoms with Crippen molar-refractivity contribution < 1.29 is 23.9 Å². The zero-order valence-corrected chi connectivity index (χ0v) is 16.6. The highest BCUT2D eigenvalue weighted by Crippen LogP contribution is 2.33. The molecule has 2 N–H and O–H groups in total. The Morgan fingerprint density at radius 3 is 2.86 bits per heavy atom. The van der Waals surface area contributed by atoms with E-state index in [-0.39, 0.29) is 11.9 Å². The maximum Gasteiger partial charge on any atom is 0.279 e. The summed E-state index contributed by atoms with van der Waals surface area (Å²) in [5, 5.41) is 3.49. The normalized spacial score (nSPS) is 20.6. The second-order valence-corrected chi connectivity index (χ2v) is 7.51. The van der Waals surface area contributed by atoms with E-state index in [1.807, 2.05) is 6.07 Å². The molecule has 28 heavy (non-hydrogen) atoms. The number of fused-ring (bicyclic) bond motifs is 1. The molecule has 2 atom stereocenters. The summed E-state index contributed by atoms with van der Waals surface area (Å²) in [6, 6.07) is 11.6. The van der Waals surface area contributed by atoms with Crippen LogP contribution in [0.5, 0.6) is 17.2 Å². The van der Waals surface area contributed by atoms with E-state index in [1.54, 1.807) is 25.3 Å². The lowest BCUT2D eigenvalue weighted by atomic mass is 10.0. The van der Waals surface area contributed by atoms with Crippen molar-refractivity contribution in [1.82, 2.24) is 0 Å². The molecule has 2 aliphatic heterocycles. The number of amides is 1. The molecule has 2 aliphatic rings. The number of hydrogen-bond acceptors (Lipinski definition) is 4. The number of anilines is 1. The minimum absolute atomic E-state index is 0.0555. The zero-order valence-electron chi connectivity index (χ0n) is 15.8. The monoisotopic (exact) mass is 403 g/mol. The first-order chi connectivity index (χ1) is 13.6. The second kappa shape index (κ2) is 8.29. The summed E-state index contributed by atoms with van der Waals surface area (Å²) in [5.41, 5.74) is 1.78. The van der Waals surface area contributed by atoms with Crippen molar-refractivity contribution in [3.63, 3.8) is 0 Å². The Morgan fingerprint density at radius 2 is 2.04 bits per heavy atom. The van der Waals surface area contributed by atoms with Crippen LogP contribution in [-0.4, -0.2) is 39.3 Å². The number of likely N-dealkylation sites (tertiary alicyclic amines) is 1. The molecule has 7 heteroatoms. The minimum Gasteiger partial charge on any atom is -0.495 e. The molecule has 1 unspecified atom stereocenters. The topological polar surface area (TPSA) is 61.2 Å². The summed E-state index contributed by atoms with van der Waals surface area (Å²) >= 11 is 6.05. The number of methoxy groups -OCH3 is 1. The van der Waals surface area contributed by atoms with E-state index >= 15 is 0 Å². The Bertz CT molecular complexity index is 873. The first kappa shape index (κ1) is 18.9. The lowest BCUT2D eigenvalue weighted by molar-refractivity contribution is -0.910. The summed E-state index contributed by atoms with van der Waals surface area (Å²) in [6.45, 7) is 2.50. The second-order valence-electron chi connectivity index (χ2n) is 7.08. The summed E-state index contributed by atoms with van der Waals surface area (Å²) in [6.07, 6.45) is 2.13. The van der Waals surface area contributed by atoms with Crippen molar-refractivity contribution in [2.24, 2.45) is 0 Å². The van der Waals surface area contributed by atoms with Crippen molar-refractivity contribution in [2.45, 2.75) is 18.9 Å². The molecular formula is C21H24ClN2O4+. The summed E-state index contributed by atoms with van der Waals surface area (Å²) in [4.78, 5) is 13.9. The zero-order chi connectivity index (χ0) is 19.5. The van der Waals surface area contributed by atoms with Gasteiger partial charge in [0.15, 0.2) is 18.0 Å². The van der Waals surface area contributed by atoms with E-state index in [2.05, 4.69) is 17.4 Å². The van der Waals surface area contributed by atoms with Crippen molar-refractivity contribution in [1.29, 1.82) is 0 Å². The molecule has 1 amide bonds. The van der Waals surface area contributed by atoms with Gasteiger partial charge < -0.3 is 24.4 Å². The van der Waals surface area contributed by atoms with Crippen molar-refractivity contribution >= 4 is 23.2 Å². The fraction of sp³-hybridized carbons (Fsp3) is 0.381. The highest BCUT2D eigenvalue weighted by atomic mass is 35.5. The van der Waals surface area contributed by atoms with E-state index in [0.29, 0.717) is 36.2 Å². The van der Waals surface area contributed by atoms with Gasteiger partial charge in [0.25, 0.3) is 5.91 Å². The average molecular weight is 404 g/mol. The molecule has 148 valence electrons. The van der Waals surface area contributed by atoms with E-state index in [4.69, 9.17) is 25.8 Å². The van der Waals surface area contributed by atoms with Crippen molar-refractivity contribution in [2.75, 3.05) is 38.7 Å². The Hall–Kier alpha value is -2.44. The van der Waals surface area contributed by atoms with Gasteiger partial charge in [-0.2, -0.15) is 0 Å². The highest BCUT2D eigenvalue weighted by Gasteiger charge is 2.32. The highest BCUT2D eigenvalue weighted by molar-refractivity contribution is 6.31. The van der Waals surface area contributed by atoms with Crippen LogP contribution in [0.1, 0.15) is 24.4 Å². The quantitative estimate of drug-likeness (QED) is 0.805. The molecule has 0 radical (unpaired) electrons. The molecule has 6 nitrogen and oxygen atoms in total. The van der Waals surface area contributed by atoms with Crippen LogP contribution in [0.2, 0.25) is 5.02 Å². The molecule has 0 spiro atoms. The van der Waals surface area contributed by atoms with E-state index in [0.717, 1.165) is 30.9 Å². The number of hydrogen-bond donors (Lipinski definition) is 2. The minimum atomic E-state index is -0.0555. The molecule has 0 aliphatic carbocycles. The third kappa shape index (κ3) is 4.03. The number of ether oxygens (including phenoxy) is 3. The van der Waals surface area contributed by atoms with Gasteiger partial charge in [-0.3, -0.25) is 4.79 Å². The van der Waals surface area contributed by atoms with Crippen molar-refractivity contribution in [3.8, 4) is 17.2 Å². The summed E-state index contributed by atoms with van der Waals surface area (Å²) in [7, 11) is 1.57. The number of carbonyl (C=O) groups is 1. The van der Waals surface area contributed by atoms with Gasteiger partial charge in [0.2, 0.25) is 0 Å². The van der Waals surface area contributed by atoms with E-state index in [9.17, 15) is 4.79 Å². The SMILES string of the molecule is COc1ccc(Cl)cc1NC(=O)C[NH+]1CCC[C@H]1c1ccc2c(c1)OCCO2. The van der Waals surface area contributed by atoms with Crippen LogP contribution in [0.15, 0.2) is 36.4 Å². The molecule has 2 aromatic rings. The predicted octanol–water partition coefficient (Wildman–Crippen LogP) is 2.48. The lowest BCUT2D eigenvalue weighted by Crippen LogP contribution is -3.11. The van der Waals surface area contributed by atoms with Gasteiger partial charge in [-0.05, 0) is 36.4 Å². The van der Waals surface area contributed by atoms with Crippen LogP contribution in [0.3, 0.4) is 0 Å². The molecule has 0 aromatic heterocycles. The van der Waals surface area contributed by atoms with Gasteiger partial charge in [-0.25, -0.2) is 0 Å². The van der Waals surface area contributed by atoms with Crippen LogP contribution < -0.4 is 24.4 Å². The number of nitrogens with one attached hydrogen (secondary N) is 2. The maximum atomic E-state index is 12.7. The van der Waals surface area contributed by atoms with Crippen LogP contribution in [0.25, 0.3) is 0 Å². The molecule has 1 saturated heterocycles. The number of rotatable bonds is 5. The first-order valence-electron chi connectivity index (χ1n) is 9.51. The number of halogens is 1. The first-order valence-corrected chi connectivity index (χ1v) is 9.89. The third-order valence-electron chi connectivity index (χ3n) is 5.28. The van der Waals surface area contributed by atoms with Crippen LogP contribution >= 0.6 is 11.6 Å². The van der Waals surface area contributed by atoms with Gasteiger partial charge in [-0.1, -0.05) is 11.6 Å². The Morgan fingerprint density at radius 1 is 1.21 bits per heavy atom. The third-order valence-corrected chi connectivity index (χ3v) is 5.51. The average Bonchev–Trinajstić information content (AvgIpc) is 3.15. The number of carbonyl (C=O) groups excluding carboxylic acids is 1. The fourth-order valence-corrected chi connectivity index (χ4v) is 4.15. The maximum absolute atomic E-state index is 12.7. The van der Waals surface area contributed by atoms with Gasteiger partial charge >= 0.3 is 0 Å². The number of quaternary nitrogens is 1. The van der Waals surface area contributed by atoms with Crippen molar-refractivity contribution in [3.05, 3.63) is 47.0 Å². The predicted molar refractivity (Wildman–Crippen MR) is 107 cm³/mol. The largest absolute Gasteiger partial charge is 0.495 e. The van der Waals surface area contributed by atoms with Gasteiger partial charge in [0, 0.05) is 23.4 Å². The summed E-state index contributed by atoms with van der Waals surface area (Å²) < 4.78 is 16.6. The molecule has 0 saturated carbocycles. The van der Waals surface area contributed by atoms with E-state index < -0.39 is 0 Å².